The smallest absolute Gasteiger partial charge is 0.348 e. The number of esters is 1. The van der Waals surface area contributed by atoms with Crippen LogP contribution in [0.1, 0.15) is 44.2 Å². The first-order valence-electron chi connectivity index (χ1n) is 8.86. The highest BCUT2D eigenvalue weighted by atomic mass is 32.1. The van der Waals surface area contributed by atoms with Gasteiger partial charge in [-0.3, -0.25) is 4.79 Å². The number of thiophene rings is 1. The molecule has 1 fully saturated rings. The van der Waals surface area contributed by atoms with Gasteiger partial charge in [0.05, 0.1) is 12.0 Å². The fraction of sp³-hybridized carbons (Fsp3) is 0.400. The second-order valence-electron chi connectivity index (χ2n) is 6.53. The highest BCUT2D eigenvalue weighted by Crippen LogP contribution is 2.22. The second kappa shape index (κ2) is 8.36. The van der Waals surface area contributed by atoms with Crippen molar-refractivity contribution < 1.29 is 14.3 Å². The van der Waals surface area contributed by atoms with Crippen molar-refractivity contribution in [2.75, 3.05) is 32.1 Å². The molecule has 1 aliphatic rings. The molecule has 2 aromatic rings. The summed E-state index contributed by atoms with van der Waals surface area (Å²) in [4.78, 5) is 29.2. The third kappa shape index (κ3) is 4.25. The Morgan fingerprint density at radius 1 is 1.04 bits per heavy atom. The van der Waals surface area contributed by atoms with Crippen molar-refractivity contribution in [3.05, 3.63) is 51.7 Å². The Hall–Kier alpha value is -2.34. The van der Waals surface area contributed by atoms with E-state index in [1.165, 1.54) is 32.1 Å². The summed E-state index contributed by atoms with van der Waals surface area (Å²) < 4.78 is 4.69. The third-order valence-corrected chi connectivity index (χ3v) is 5.68. The van der Waals surface area contributed by atoms with E-state index in [2.05, 4.69) is 33.9 Å². The van der Waals surface area contributed by atoms with Crippen LogP contribution in [0.5, 0.6) is 0 Å². The van der Waals surface area contributed by atoms with E-state index in [1.54, 1.807) is 24.1 Å². The maximum Gasteiger partial charge on any atom is 0.348 e. The first-order valence-corrected chi connectivity index (χ1v) is 9.67. The van der Waals surface area contributed by atoms with Crippen molar-refractivity contribution in [2.45, 2.75) is 25.8 Å². The van der Waals surface area contributed by atoms with Gasteiger partial charge in [0, 0.05) is 32.4 Å². The molecule has 0 atom stereocenters. The van der Waals surface area contributed by atoms with E-state index in [-0.39, 0.29) is 5.91 Å². The number of ether oxygens (including phenoxy) is 1. The van der Waals surface area contributed by atoms with Gasteiger partial charge in [-0.15, -0.1) is 11.3 Å². The monoisotopic (exact) mass is 372 g/mol. The molecule has 1 aromatic carbocycles. The van der Waals surface area contributed by atoms with Crippen LogP contribution >= 0.6 is 11.3 Å². The summed E-state index contributed by atoms with van der Waals surface area (Å²) >= 11 is 1.16. The number of carbonyl (C=O) groups is 2. The number of benzene rings is 1. The van der Waals surface area contributed by atoms with E-state index in [4.69, 9.17) is 0 Å². The largest absolute Gasteiger partial charge is 0.465 e. The molecular weight excluding hydrogens is 348 g/mol. The summed E-state index contributed by atoms with van der Waals surface area (Å²) in [7, 11) is 3.11. The molecule has 0 bridgehead atoms. The maximum absolute atomic E-state index is 12.6. The molecule has 5 nitrogen and oxygen atoms in total. The molecule has 1 aliphatic heterocycles. The number of carbonyl (C=O) groups excluding carboxylic acids is 2. The lowest BCUT2D eigenvalue weighted by Gasteiger charge is -2.29. The predicted octanol–water partition coefficient (Wildman–Crippen LogP) is 3.80. The van der Waals surface area contributed by atoms with Crippen molar-refractivity contribution >= 4 is 28.9 Å². The second-order valence-corrected chi connectivity index (χ2v) is 7.61. The Morgan fingerprint density at radius 3 is 2.35 bits per heavy atom. The van der Waals surface area contributed by atoms with E-state index >= 15 is 0 Å². The van der Waals surface area contributed by atoms with Gasteiger partial charge in [0.2, 0.25) is 0 Å². The first-order chi connectivity index (χ1) is 12.6. The summed E-state index contributed by atoms with van der Waals surface area (Å²) in [5.41, 5.74) is 2.34. The Labute approximate surface area is 158 Å². The molecule has 0 N–H and O–H groups in total. The summed E-state index contributed by atoms with van der Waals surface area (Å²) in [6.07, 6.45) is 3.84. The molecule has 26 heavy (non-hydrogen) atoms. The summed E-state index contributed by atoms with van der Waals surface area (Å²) in [6.45, 7) is 2.78. The molecule has 0 aliphatic carbocycles. The molecule has 3 rings (SSSR count). The molecule has 138 valence electrons. The first kappa shape index (κ1) is 18.5. The minimum atomic E-state index is -0.412. The van der Waals surface area contributed by atoms with Crippen LogP contribution in [0.25, 0.3) is 0 Å². The highest BCUT2D eigenvalue weighted by Gasteiger charge is 2.18. The molecule has 6 heteroatoms. The Kier molecular flexibility index (Phi) is 5.93. The van der Waals surface area contributed by atoms with Gasteiger partial charge in [-0.05, 0) is 49.1 Å². The van der Waals surface area contributed by atoms with Gasteiger partial charge in [-0.2, -0.15) is 0 Å². The molecule has 0 saturated carbocycles. The number of amides is 1. The number of piperidine rings is 1. The zero-order valence-corrected chi connectivity index (χ0v) is 16.1. The molecular formula is C20H24N2O3S. The Balaban J connectivity index is 1.61. The Morgan fingerprint density at radius 2 is 1.69 bits per heavy atom. The highest BCUT2D eigenvalue weighted by molar-refractivity contribution is 7.15. The van der Waals surface area contributed by atoms with Crippen LogP contribution in [0.3, 0.4) is 0 Å². The third-order valence-electron chi connectivity index (χ3n) is 4.63. The molecule has 2 heterocycles. The summed E-state index contributed by atoms with van der Waals surface area (Å²) in [6, 6.07) is 11.8. The van der Waals surface area contributed by atoms with Crippen LogP contribution in [-0.2, 0) is 11.3 Å². The summed E-state index contributed by atoms with van der Waals surface area (Å²) in [5, 5.41) is 0. The van der Waals surface area contributed by atoms with Crippen molar-refractivity contribution in [1.82, 2.24) is 4.90 Å². The van der Waals surface area contributed by atoms with Gasteiger partial charge in [-0.25, -0.2) is 4.79 Å². The van der Waals surface area contributed by atoms with Crippen molar-refractivity contribution in [1.29, 1.82) is 0 Å². The topological polar surface area (TPSA) is 49.9 Å². The average molecular weight is 372 g/mol. The van der Waals surface area contributed by atoms with E-state index < -0.39 is 5.97 Å². The van der Waals surface area contributed by atoms with Crippen molar-refractivity contribution in [2.24, 2.45) is 0 Å². The average Bonchev–Trinajstić information content (AvgIpc) is 3.18. The fourth-order valence-electron chi connectivity index (χ4n) is 3.16. The number of rotatable bonds is 5. The lowest BCUT2D eigenvalue weighted by Crippen LogP contribution is -2.29. The lowest BCUT2D eigenvalue weighted by molar-refractivity contribution is 0.0606. The van der Waals surface area contributed by atoms with Crippen LogP contribution in [0.2, 0.25) is 0 Å². The van der Waals surface area contributed by atoms with Gasteiger partial charge < -0.3 is 14.5 Å². The standard InChI is InChI=1S/C20H24N2O3S/c1-21(19(23)17-10-11-18(26-17)20(24)25-2)14-15-6-8-16(9-7-15)22-12-4-3-5-13-22/h6-11H,3-5,12-14H2,1-2H3. The van der Waals surface area contributed by atoms with Gasteiger partial charge in [0.1, 0.15) is 4.88 Å². The van der Waals surface area contributed by atoms with Crippen LogP contribution in [0.4, 0.5) is 5.69 Å². The van der Waals surface area contributed by atoms with E-state index in [0.717, 1.165) is 30.0 Å². The minimum absolute atomic E-state index is 0.0924. The zero-order valence-electron chi connectivity index (χ0n) is 15.2. The summed E-state index contributed by atoms with van der Waals surface area (Å²) in [5.74, 6) is -0.504. The quantitative estimate of drug-likeness (QED) is 0.749. The normalized spacial score (nSPS) is 14.2. The Bertz CT molecular complexity index is 764. The number of anilines is 1. The minimum Gasteiger partial charge on any atom is -0.465 e. The molecule has 1 saturated heterocycles. The SMILES string of the molecule is COC(=O)c1ccc(C(=O)N(C)Cc2ccc(N3CCCCC3)cc2)s1. The van der Waals surface area contributed by atoms with Crippen LogP contribution in [0, 0.1) is 0 Å². The van der Waals surface area contributed by atoms with E-state index in [9.17, 15) is 9.59 Å². The van der Waals surface area contributed by atoms with E-state index in [1.807, 2.05) is 0 Å². The van der Waals surface area contributed by atoms with Gasteiger partial charge >= 0.3 is 5.97 Å². The molecule has 1 amide bonds. The van der Waals surface area contributed by atoms with Crippen LogP contribution < -0.4 is 4.90 Å². The van der Waals surface area contributed by atoms with Gasteiger partial charge in [0.25, 0.3) is 5.91 Å². The number of methoxy groups -OCH3 is 1. The van der Waals surface area contributed by atoms with Gasteiger partial charge in [-0.1, -0.05) is 12.1 Å². The van der Waals surface area contributed by atoms with Crippen LogP contribution in [0.15, 0.2) is 36.4 Å². The zero-order chi connectivity index (χ0) is 18.5. The van der Waals surface area contributed by atoms with Crippen LogP contribution in [-0.4, -0.2) is 44.0 Å². The number of hydrogen-bond donors (Lipinski definition) is 0. The molecule has 0 spiro atoms. The fourth-order valence-corrected chi connectivity index (χ4v) is 4.08. The van der Waals surface area contributed by atoms with Crippen molar-refractivity contribution in [3.63, 3.8) is 0 Å². The van der Waals surface area contributed by atoms with Crippen molar-refractivity contribution in [3.8, 4) is 0 Å². The lowest BCUT2D eigenvalue weighted by atomic mass is 10.1. The maximum atomic E-state index is 12.6. The number of nitrogens with zero attached hydrogens (tertiary/aromatic N) is 2. The number of hydrogen-bond acceptors (Lipinski definition) is 5. The molecule has 0 unspecified atom stereocenters. The van der Waals surface area contributed by atoms with Gasteiger partial charge in [0.15, 0.2) is 0 Å². The molecule has 0 radical (unpaired) electrons. The predicted molar refractivity (Wildman–Crippen MR) is 104 cm³/mol. The molecule has 1 aromatic heterocycles. The van der Waals surface area contributed by atoms with E-state index in [0.29, 0.717) is 16.3 Å².